The normalized spacial score (nSPS) is 20.1. The average Bonchev–Trinajstić information content (AvgIpc) is 3.14. The number of amides is 2. The second-order valence-electron chi connectivity index (χ2n) is 8.07. The van der Waals surface area contributed by atoms with E-state index in [1.165, 1.54) is 5.56 Å². The molecular weight excluding hydrogens is 366 g/mol. The van der Waals surface area contributed by atoms with Crippen molar-refractivity contribution >= 4 is 11.8 Å². The lowest BCUT2D eigenvalue weighted by Gasteiger charge is -2.34. The standard InChI is InChI=1S/C23H35N3O3/c1-3-25(4-2)23(28)20-9-6-12-24(18-20)17-19-8-5-10-21(16-19)29-15-14-26-13-7-11-22(26)27/h5,8,10,16,20H,3-4,6-7,9,11-15,17-18H2,1-2H3. The summed E-state index contributed by atoms with van der Waals surface area (Å²) in [5, 5.41) is 0. The summed E-state index contributed by atoms with van der Waals surface area (Å²) >= 11 is 0. The van der Waals surface area contributed by atoms with Gasteiger partial charge in [-0.3, -0.25) is 14.5 Å². The Kier molecular flexibility index (Phi) is 7.92. The van der Waals surface area contributed by atoms with E-state index in [0.717, 1.165) is 64.3 Å². The quantitative estimate of drug-likeness (QED) is 0.639. The van der Waals surface area contributed by atoms with E-state index in [-0.39, 0.29) is 11.8 Å². The van der Waals surface area contributed by atoms with Gasteiger partial charge < -0.3 is 14.5 Å². The maximum absolute atomic E-state index is 12.7. The predicted molar refractivity (Wildman–Crippen MR) is 114 cm³/mol. The molecule has 1 aromatic carbocycles. The largest absolute Gasteiger partial charge is 0.492 e. The highest BCUT2D eigenvalue weighted by Crippen LogP contribution is 2.22. The Bertz CT molecular complexity index is 690. The summed E-state index contributed by atoms with van der Waals surface area (Å²) in [7, 11) is 0. The van der Waals surface area contributed by atoms with Crippen molar-refractivity contribution in [2.45, 2.75) is 46.1 Å². The third-order valence-electron chi connectivity index (χ3n) is 6.04. The third-order valence-corrected chi connectivity index (χ3v) is 6.04. The highest BCUT2D eigenvalue weighted by Gasteiger charge is 2.28. The lowest BCUT2D eigenvalue weighted by Crippen LogP contribution is -2.44. The van der Waals surface area contributed by atoms with Crippen LogP contribution in [0, 0.1) is 5.92 Å². The van der Waals surface area contributed by atoms with Gasteiger partial charge in [0, 0.05) is 39.1 Å². The molecule has 1 aromatic rings. The second-order valence-corrected chi connectivity index (χ2v) is 8.07. The monoisotopic (exact) mass is 401 g/mol. The van der Waals surface area contributed by atoms with Crippen molar-refractivity contribution in [3.63, 3.8) is 0 Å². The lowest BCUT2D eigenvalue weighted by atomic mass is 9.96. The molecular formula is C23H35N3O3. The number of ether oxygens (including phenoxy) is 1. The van der Waals surface area contributed by atoms with Gasteiger partial charge in [0.25, 0.3) is 0 Å². The van der Waals surface area contributed by atoms with Gasteiger partial charge >= 0.3 is 0 Å². The topological polar surface area (TPSA) is 53.1 Å². The number of hydrogen-bond acceptors (Lipinski definition) is 4. The SMILES string of the molecule is CCN(CC)C(=O)C1CCCN(Cc2cccc(OCCN3CCCC3=O)c2)C1. The van der Waals surface area contributed by atoms with E-state index >= 15 is 0 Å². The van der Waals surface area contributed by atoms with Crippen molar-refractivity contribution in [1.29, 1.82) is 0 Å². The van der Waals surface area contributed by atoms with E-state index < -0.39 is 0 Å². The molecule has 0 spiro atoms. The number of likely N-dealkylation sites (tertiary alicyclic amines) is 2. The van der Waals surface area contributed by atoms with Crippen molar-refractivity contribution in [2.75, 3.05) is 45.9 Å². The van der Waals surface area contributed by atoms with Crippen molar-refractivity contribution in [2.24, 2.45) is 5.92 Å². The van der Waals surface area contributed by atoms with Crippen LogP contribution in [0.4, 0.5) is 0 Å². The number of hydrogen-bond donors (Lipinski definition) is 0. The highest BCUT2D eigenvalue weighted by molar-refractivity contribution is 5.79. The molecule has 2 amide bonds. The van der Waals surface area contributed by atoms with Crippen LogP contribution in [0.5, 0.6) is 5.75 Å². The first kappa shape index (κ1) is 21.6. The van der Waals surface area contributed by atoms with Gasteiger partial charge in [-0.2, -0.15) is 0 Å². The van der Waals surface area contributed by atoms with Crippen LogP contribution in [0.15, 0.2) is 24.3 Å². The van der Waals surface area contributed by atoms with Crippen LogP contribution in [-0.4, -0.2) is 72.4 Å². The summed E-state index contributed by atoms with van der Waals surface area (Å²) in [6.07, 6.45) is 3.69. The maximum Gasteiger partial charge on any atom is 0.226 e. The molecule has 1 atom stereocenters. The molecule has 0 N–H and O–H groups in total. The zero-order valence-corrected chi connectivity index (χ0v) is 17.9. The molecule has 3 rings (SSSR count). The van der Waals surface area contributed by atoms with E-state index in [1.54, 1.807) is 0 Å². The molecule has 6 heteroatoms. The molecule has 2 saturated heterocycles. The molecule has 6 nitrogen and oxygen atoms in total. The third kappa shape index (κ3) is 5.95. The van der Waals surface area contributed by atoms with Gasteiger partial charge in [-0.05, 0) is 57.4 Å². The number of carbonyl (C=O) groups excluding carboxylic acids is 2. The van der Waals surface area contributed by atoms with Crippen LogP contribution in [0.25, 0.3) is 0 Å². The van der Waals surface area contributed by atoms with Gasteiger partial charge in [0.05, 0.1) is 12.5 Å². The number of nitrogens with zero attached hydrogens (tertiary/aromatic N) is 3. The molecule has 1 unspecified atom stereocenters. The lowest BCUT2D eigenvalue weighted by molar-refractivity contribution is -0.137. The average molecular weight is 402 g/mol. The van der Waals surface area contributed by atoms with Gasteiger partial charge in [-0.15, -0.1) is 0 Å². The van der Waals surface area contributed by atoms with Crippen molar-refractivity contribution in [3.8, 4) is 5.75 Å². The number of carbonyl (C=O) groups is 2. The van der Waals surface area contributed by atoms with E-state index in [2.05, 4.69) is 17.0 Å². The smallest absolute Gasteiger partial charge is 0.226 e. The maximum atomic E-state index is 12.7. The van der Waals surface area contributed by atoms with Crippen LogP contribution in [-0.2, 0) is 16.1 Å². The molecule has 29 heavy (non-hydrogen) atoms. The number of benzene rings is 1. The molecule has 2 aliphatic heterocycles. The molecule has 0 saturated carbocycles. The molecule has 0 radical (unpaired) electrons. The molecule has 0 aromatic heterocycles. The first-order chi connectivity index (χ1) is 14.1. The van der Waals surface area contributed by atoms with Gasteiger partial charge in [0.2, 0.25) is 11.8 Å². The molecule has 0 bridgehead atoms. The van der Waals surface area contributed by atoms with Crippen LogP contribution in [0.2, 0.25) is 0 Å². The Morgan fingerprint density at radius 2 is 2.03 bits per heavy atom. The fourth-order valence-corrected chi connectivity index (χ4v) is 4.40. The predicted octanol–water partition coefficient (Wildman–Crippen LogP) is 2.77. The first-order valence-electron chi connectivity index (χ1n) is 11.1. The molecule has 2 aliphatic rings. The minimum Gasteiger partial charge on any atom is -0.492 e. The Hall–Kier alpha value is -2.08. The number of piperidine rings is 1. The van der Waals surface area contributed by atoms with Crippen LogP contribution >= 0.6 is 0 Å². The fourth-order valence-electron chi connectivity index (χ4n) is 4.40. The summed E-state index contributed by atoms with van der Waals surface area (Å²) in [4.78, 5) is 30.6. The Balaban J connectivity index is 1.50. The molecule has 160 valence electrons. The summed E-state index contributed by atoms with van der Waals surface area (Å²) in [5.41, 5.74) is 1.20. The first-order valence-corrected chi connectivity index (χ1v) is 11.1. The van der Waals surface area contributed by atoms with Crippen LogP contribution < -0.4 is 4.74 Å². The second kappa shape index (κ2) is 10.6. The summed E-state index contributed by atoms with van der Waals surface area (Å²) in [6, 6.07) is 8.20. The van der Waals surface area contributed by atoms with Gasteiger partial charge in [0.15, 0.2) is 0 Å². The van der Waals surface area contributed by atoms with Crippen LogP contribution in [0.3, 0.4) is 0 Å². The summed E-state index contributed by atoms with van der Waals surface area (Å²) < 4.78 is 5.89. The summed E-state index contributed by atoms with van der Waals surface area (Å²) in [6.45, 7) is 10.4. The van der Waals surface area contributed by atoms with Gasteiger partial charge in [0.1, 0.15) is 12.4 Å². The van der Waals surface area contributed by atoms with Crippen molar-refractivity contribution < 1.29 is 14.3 Å². The number of rotatable bonds is 9. The van der Waals surface area contributed by atoms with Crippen LogP contribution in [0.1, 0.15) is 45.1 Å². The van der Waals surface area contributed by atoms with E-state index in [0.29, 0.717) is 25.5 Å². The molecule has 0 aliphatic carbocycles. The Labute approximate surface area is 174 Å². The summed E-state index contributed by atoms with van der Waals surface area (Å²) in [5.74, 6) is 1.50. The molecule has 2 heterocycles. The van der Waals surface area contributed by atoms with Gasteiger partial charge in [-0.25, -0.2) is 0 Å². The minimum atomic E-state index is 0.112. The highest BCUT2D eigenvalue weighted by atomic mass is 16.5. The van der Waals surface area contributed by atoms with Crippen molar-refractivity contribution in [3.05, 3.63) is 29.8 Å². The Morgan fingerprint density at radius 1 is 1.21 bits per heavy atom. The zero-order chi connectivity index (χ0) is 20.6. The molecule has 2 fully saturated rings. The van der Waals surface area contributed by atoms with Gasteiger partial charge in [-0.1, -0.05) is 12.1 Å². The van der Waals surface area contributed by atoms with E-state index in [9.17, 15) is 9.59 Å². The van der Waals surface area contributed by atoms with Crippen molar-refractivity contribution in [1.82, 2.24) is 14.7 Å². The minimum absolute atomic E-state index is 0.112. The van der Waals surface area contributed by atoms with E-state index in [4.69, 9.17) is 4.74 Å². The fraction of sp³-hybridized carbons (Fsp3) is 0.652. The Morgan fingerprint density at radius 3 is 2.76 bits per heavy atom. The zero-order valence-electron chi connectivity index (χ0n) is 17.9. The van der Waals surface area contributed by atoms with E-state index in [1.807, 2.05) is 35.8 Å².